The highest BCUT2D eigenvalue weighted by Crippen LogP contribution is 2.34. The SMILES string of the molecule is C=C1N=C(NNc2ccc3c(c2)OCO3)C(C)=C1C(=O)OCC. The van der Waals surface area contributed by atoms with Crippen molar-refractivity contribution in [2.75, 3.05) is 18.8 Å². The molecule has 0 saturated heterocycles. The van der Waals surface area contributed by atoms with Crippen LogP contribution < -0.4 is 20.3 Å². The Morgan fingerprint density at radius 3 is 2.91 bits per heavy atom. The lowest BCUT2D eigenvalue weighted by Crippen LogP contribution is -2.29. The van der Waals surface area contributed by atoms with E-state index in [4.69, 9.17) is 14.2 Å². The second-order valence-electron chi connectivity index (χ2n) is 4.95. The van der Waals surface area contributed by atoms with Crippen molar-refractivity contribution in [1.82, 2.24) is 5.43 Å². The number of hydrogen-bond acceptors (Lipinski definition) is 7. The number of aliphatic imine (C=N–C) groups is 1. The van der Waals surface area contributed by atoms with Gasteiger partial charge in [0.05, 0.1) is 23.6 Å². The van der Waals surface area contributed by atoms with Gasteiger partial charge in [0.25, 0.3) is 0 Å². The van der Waals surface area contributed by atoms with Crippen molar-refractivity contribution in [3.05, 3.63) is 41.6 Å². The summed E-state index contributed by atoms with van der Waals surface area (Å²) >= 11 is 0. The number of carbonyl (C=O) groups is 1. The molecule has 7 nitrogen and oxygen atoms in total. The van der Waals surface area contributed by atoms with Crippen molar-refractivity contribution in [1.29, 1.82) is 0 Å². The van der Waals surface area contributed by atoms with E-state index >= 15 is 0 Å². The van der Waals surface area contributed by atoms with E-state index in [2.05, 4.69) is 22.4 Å². The summed E-state index contributed by atoms with van der Waals surface area (Å²) in [5, 5.41) is 0. The second-order valence-corrected chi connectivity index (χ2v) is 4.95. The van der Waals surface area contributed by atoms with Gasteiger partial charge in [0.2, 0.25) is 6.79 Å². The Hall–Kier alpha value is -2.96. The smallest absolute Gasteiger partial charge is 0.340 e. The van der Waals surface area contributed by atoms with Gasteiger partial charge < -0.3 is 14.2 Å². The van der Waals surface area contributed by atoms with Crippen molar-refractivity contribution in [2.45, 2.75) is 13.8 Å². The molecule has 0 unspecified atom stereocenters. The molecule has 2 N–H and O–H groups in total. The molecule has 2 heterocycles. The van der Waals surface area contributed by atoms with Crippen LogP contribution in [0.15, 0.2) is 46.6 Å². The fraction of sp³-hybridized carbons (Fsp3) is 0.250. The molecule has 0 radical (unpaired) electrons. The van der Waals surface area contributed by atoms with Crippen molar-refractivity contribution >= 4 is 17.5 Å². The molecule has 0 amide bonds. The van der Waals surface area contributed by atoms with Crippen LogP contribution in [0.2, 0.25) is 0 Å². The first-order chi connectivity index (χ1) is 11.1. The predicted octanol–water partition coefficient (Wildman–Crippen LogP) is 2.14. The molecule has 2 aliphatic rings. The Morgan fingerprint density at radius 2 is 2.13 bits per heavy atom. The Labute approximate surface area is 133 Å². The Balaban J connectivity index is 1.70. The summed E-state index contributed by atoms with van der Waals surface area (Å²) in [7, 11) is 0. The van der Waals surface area contributed by atoms with Crippen LogP contribution in [0, 0.1) is 0 Å². The van der Waals surface area contributed by atoms with Crippen LogP contribution in [-0.4, -0.2) is 25.2 Å². The highest BCUT2D eigenvalue weighted by molar-refractivity contribution is 6.11. The molecular formula is C16H17N3O4. The van der Waals surface area contributed by atoms with Gasteiger partial charge in [-0.25, -0.2) is 9.79 Å². The molecule has 0 fully saturated rings. The van der Waals surface area contributed by atoms with Gasteiger partial charge in [0.15, 0.2) is 11.5 Å². The molecular weight excluding hydrogens is 298 g/mol. The zero-order chi connectivity index (χ0) is 16.4. The van der Waals surface area contributed by atoms with Gasteiger partial charge in [0, 0.05) is 11.6 Å². The van der Waals surface area contributed by atoms with E-state index in [1.54, 1.807) is 13.8 Å². The van der Waals surface area contributed by atoms with Crippen LogP contribution in [0.25, 0.3) is 0 Å². The third-order valence-corrected chi connectivity index (χ3v) is 3.44. The Morgan fingerprint density at radius 1 is 1.35 bits per heavy atom. The summed E-state index contributed by atoms with van der Waals surface area (Å²) in [4.78, 5) is 16.2. The van der Waals surface area contributed by atoms with E-state index in [9.17, 15) is 4.79 Å². The van der Waals surface area contributed by atoms with Gasteiger partial charge in [-0.1, -0.05) is 6.58 Å². The summed E-state index contributed by atoms with van der Waals surface area (Å²) in [5.41, 5.74) is 8.22. The van der Waals surface area contributed by atoms with Gasteiger partial charge in [-0.2, -0.15) is 0 Å². The lowest BCUT2D eigenvalue weighted by molar-refractivity contribution is -0.138. The maximum absolute atomic E-state index is 11.9. The van der Waals surface area contributed by atoms with Gasteiger partial charge in [-0.05, 0) is 26.0 Å². The van der Waals surface area contributed by atoms with E-state index in [1.807, 2.05) is 18.2 Å². The van der Waals surface area contributed by atoms with Crippen molar-refractivity contribution in [2.24, 2.45) is 4.99 Å². The minimum absolute atomic E-state index is 0.226. The van der Waals surface area contributed by atoms with Crippen molar-refractivity contribution in [3.63, 3.8) is 0 Å². The van der Waals surface area contributed by atoms with Crippen LogP contribution in [0.3, 0.4) is 0 Å². The molecule has 0 aromatic heterocycles. The van der Waals surface area contributed by atoms with E-state index in [-0.39, 0.29) is 6.79 Å². The molecule has 7 heteroatoms. The fourth-order valence-corrected chi connectivity index (χ4v) is 2.31. The second kappa shape index (κ2) is 6.04. The number of carbonyl (C=O) groups excluding carboxylic acids is 1. The number of amidine groups is 1. The van der Waals surface area contributed by atoms with Gasteiger partial charge >= 0.3 is 5.97 Å². The number of hydrogen-bond donors (Lipinski definition) is 2. The van der Waals surface area contributed by atoms with E-state index < -0.39 is 5.97 Å². The molecule has 120 valence electrons. The fourth-order valence-electron chi connectivity index (χ4n) is 2.31. The Kier molecular flexibility index (Phi) is 3.92. The molecule has 0 bridgehead atoms. The summed E-state index contributed by atoms with van der Waals surface area (Å²) in [6.07, 6.45) is 0. The normalized spacial score (nSPS) is 15.6. The monoisotopic (exact) mass is 315 g/mol. The molecule has 23 heavy (non-hydrogen) atoms. The van der Waals surface area contributed by atoms with E-state index in [1.165, 1.54) is 0 Å². The maximum atomic E-state index is 11.9. The molecule has 2 aliphatic heterocycles. The minimum Gasteiger partial charge on any atom is -0.462 e. The van der Waals surface area contributed by atoms with Crippen LogP contribution >= 0.6 is 0 Å². The van der Waals surface area contributed by atoms with Crippen molar-refractivity contribution in [3.8, 4) is 11.5 Å². The Bertz CT molecular complexity index is 737. The van der Waals surface area contributed by atoms with Crippen LogP contribution in [-0.2, 0) is 9.53 Å². The average Bonchev–Trinajstić information content (AvgIpc) is 3.09. The lowest BCUT2D eigenvalue weighted by Gasteiger charge is -2.11. The summed E-state index contributed by atoms with van der Waals surface area (Å²) in [5.74, 6) is 1.49. The lowest BCUT2D eigenvalue weighted by atomic mass is 10.1. The highest BCUT2D eigenvalue weighted by Gasteiger charge is 2.26. The number of nitrogens with one attached hydrogen (secondary N) is 2. The third kappa shape index (κ3) is 2.85. The third-order valence-electron chi connectivity index (χ3n) is 3.44. The number of hydrazine groups is 1. The first-order valence-corrected chi connectivity index (χ1v) is 7.18. The van der Waals surface area contributed by atoms with E-state index in [0.29, 0.717) is 40.8 Å². The highest BCUT2D eigenvalue weighted by atomic mass is 16.7. The molecule has 1 aromatic rings. The minimum atomic E-state index is -0.418. The molecule has 1 aromatic carbocycles. The van der Waals surface area contributed by atoms with Gasteiger partial charge in [-0.3, -0.25) is 10.9 Å². The van der Waals surface area contributed by atoms with Crippen molar-refractivity contribution < 1.29 is 19.0 Å². The van der Waals surface area contributed by atoms with Crippen LogP contribution in [0.1, 0.15) is 13.8 Å². The molecule has 0 aliphatic carbocycles. The molecule has 3 rings (SSSR count). The summed E-state index contributed by atoms with van der Waals surface area (Å²) < 4.78 is 15.6. The van der Waals surface area contributed by atoms with Crippen LogP contribution in [0.4, 0.5) is 5.69 Å². The molecule has 0 spiro atoms. The maximum Gasteiger partial charge on any atom is 0.340 e. The standard InChI is InChI=1S/C16H17N3O4/c1-4-21-16(20)14-9(2)15(17-10(14)3)19-18-11-5-6-12-13(7-11)23-8-22-12/h5-7,18H,3-4,8H2,1-2H3,(H,17,19). The van der Waals surface area contributed by atoms with Gasteiger partial charge in [-0.15, -0.1) is 0 Å². The van der Waals surface area contributed by atoms with Gasteiger partial charge in [0.1, 0.15) is 5.84 Å². The number of benzene rings is 1. The first-order valence-electron chi connectivity index (χ1n) is 7.18. The van der Waals surface area contributed by atoms with E-state index in [0.717, 1.165) is 5.69 Å². The average molecular weight is 315 g/mol. The first kappa shape index (κ1) is 15.0. The summed E-state index contributed by atoms with van der Waals surface area (Å²) in [6, 6.07) is 5.47. The van der Waals surface area contributed by atoms with Crippen LogP contribution in [0.5, 0.6) is 11.5 Å². The zero-order valence-electron chi connectivity index (χ0n) is 12.9. The number of nitrogens with zero attached hydrogens (tertiary/aromatic N) is 1. The predicted molar refractivity (Wildman–Crippen MR) is 85.2 cm³/mol. The number of esters is 1. The zero-order valence-corrected chi connectivity index (χ0v) is 12.9. The number of anilines is 1. The number of fused-ring (bicyclic) bond motifs is 1. The quantitative estimate of drug-likeness (QED) is 0.654. The largest absolute Gasteiger partial charge is 0.462 e. The number of ether oxygens (including phenoxy) is 3. The topological polar surface area (TPSA) is 81.2 Å². The summed E-state index contributed by atoms with van der Waals surface area (Å²) in [6.45, 7) is 7.87. The number of rotatable bonds is 4. The molecule has 0 saturated carbocycles. The molecule has 0 atom stereocenters.